The molecule has 23 heavy (non-hydrogen) atoms. The van der Waals surface area contributed by atoms with Crippen molar-refractivity contribution in [1.82, 2.24) is 9.80 Å². The minimum absolute atomic E-state index is 0. The number of halogens is 2. The van der Waals surface area contributed by atoms with E-state index in [1.165, 1.54) is 0 Å². The van der Waals surface area contributed by atoms with Crippen molar-refractivity contribution in [1.29, 1.82) is 0 Å². The number of benzene rings is 1. The van der Waals surface area contributed by atoms with Gasteiger partial charge in [-0.15, -0.1) is 24.8 Å². The smallest absolute Gasteiger partial charge is 0.161 e. The van der Waals surface area contributed by atoms with E-state index in [9.17, 15) is 5.11 Å². The highest BCUT2D eigenvalue weighted by Gasteiger charge is 2.18. The number of piperazine rings is 1. The number of hydrogen-bond acceptors (Lipinski definition) is 5. The van der Waals surface area contributed by atoms with Gasteiger partial charge in [-0.25, -0.2) is 0 Å². The second-order valence-corrected chi connectivity index (χ2v) is 5.35. The molecule has 1 aromatic rings. The first kappa shape index (κ1) is 22.3. The van der Waals surface area contributed by atoms with E-state index in [1.807, 2.05) is 24.3 Å². The lowest BCUT2D eigenvalue weighted by Crippen LogP contribution is -2.49. The van der Waals surface area contributed by atoms with Gasteiger partial charge in [-0.05, 0) is 18.7 Å². The maximum Gasteiger partial charge on any atom is 0.161 e. The van der Waals surface area contributed by atoms with Gasteiger partial charge in [0.05, 0.1) is 7.11 Å². The lowest BCUT2D eigenvalue weighted by Gasteiger charge is -2.34. The number of para-hydroxylation sites is 2. The van der Waals surface area contributed by atoms with E-state index >= 15 is 0 Å². The van der Waals surface area contributed by atoms with Crippen molar-refractivity contribution >= 4 is 24.8 Å². The van der Waals surface area contributed by atoms with Crippen LogP contribution in [0, 0.1) is 0 Å². The molecule has 1 saturated heterocycles. The molecule has 0 spiro atoms. The summed E-state index contributed by atoms with van der Waals surface area (Å²) < 4.78 is 10.9. The zero-order chi connectivity index (χ0) is 15.1. The van der Waals surface area contributed by atoms with Crippen LogP contribution in [0.1, 0.15) is 6.92 Å². The molecule has 1 atom stereocenters. The Morgan fingerprint density at radius 1 is 1.04 bits per heavy atom. The number of rotatable bonds is 7. The van der Waals surface area contributed by atoms with E-state index in [0.717, 1.165) is 32.7 Å². The Kier molecular flexibility index (Phi) is 11.4. The molecule has 1 unspecified atom stereocenters. The molecule has 5 nitrogen and oxygen atoms in total. The number of aliphatic hydroxyl groups excluding tert-OH is 1. The third-order valence-electron chi connectivity index (χ3n) is 3.88. The Bertz CT molecular complexity index is 430. The molecular formula is C16H28Cl2N2O3. The molecule has 1 aromatic carbocycles. The van der Waals surface area contributed by atoms with Crippen LogP contribution in [0.2, 0.25) is 0 Å². The molecule has 7 heteroatoms. The Hall–Kier alpha value is -0.720. The molecular weight excluding hydrogens is 339 g/mol. The minimum Gasteiger partial charge on any atom is -0.493 e. The van der Waals surface area contributed by atoms with Gasteiger partial charge < -0.3 is 19.5 Å². The van der Waals surface area contributed by atoms with Crippen molar-refractivity contribution in [2.75, 3.05) is 53.0 Å². The van der Waals surface area contributed by atoms with Gasteiger partial charge in [0.2, 0.25) is 0 Å². The molecule has 0 aromatic heterocycles. The van der Waals surface area contributed by atoms with E-state index < -0.39 is 6.10 Å². The van der Waals surface area contributed by atoms with Crippen LogP contribution in [0.25, 0.3) is 0 Å². The number of nitrogens with zero attached hydrogens (tertiary/aromatic N) is 2. The lowest BCUT2D eigenvalue weighted by atomic mass is 10.2. The molecule has 0 bridgehead atoms. The fourth-order valence-electron chi connectivity index (χ4n) is 2.56. The molecule has 1 fully saturated rings. The van der Waals surface area contributed by atoms with E-state index in [0.29, 0.717) is 18.0 Å². The minimum atomic E-state index is -0.483. The van der Waals surface area contributed by atoms with Crippen LogP contribution in [0.4, 0.5) is 0 Å². The quantitative estimate of drug-likeness (QED) is 0.798. The van der Waals surface area contributed by atoms with Crippen LogP contribution in [0.5, 0.6) is 11.5 Å². The Labute approximate surface area is 151 Å². The molecule has 1 N–H and O–H groups in total. The number of hydrogen-bond donors (Lipinski definition) is 1. The topological polar surface area (TPSA) is 45.2 Å². The average molecular weight is 367 g/mol. The highest BCUT2D eigenvalue weighted by atomic mass is 35.5. The van der Waals surface area contributed by atoms with Crippen molar-refractivity contribution < 1.29 is 14.6 Å². The van der Waals surface area contributed by atoms with Gasteiger partial charge in [0.15, 0.2) is 11.5 Å². The lowest BCUT2D eigenvalue weighted by molar-refractivity contribution is 0.0464. The van der Waals surface area contributed by atoms with E-state index in [-0.39, 0.29) is 31.4 Å². The number of likely N-dealkylation sites (N-methyl/N-ethyl adjacent to an activating group) is 1. The molecule has 1 aliphatic heterocycles. The van der Waals surface area contributed by atoms with E-state index in [4.69, 9.17) is 9.47 Å². The summed E-state index contributed by atoms with van der Waals surface area (Å²) >= 11 is 0. The summed E-state index contributed by atoms with van der Waals surface area (Å²) in [5, 5.41) is 10.1. The molecule has 2 rings (SSSR count). The molecule has 0 saturated carbocycles. The first-order chi connectivity index (χ1) is 10.2. The van der Waals surface area contributed by atoms with Crippen LogP contribution in [0.15, 0.2) is 24.3 Å². The van der Waals surface area contributed by atoms with Gasteiger partial charge in [-0.1, -0.05) is 19.1 Å². The summed E-state index contributed by atoms with van der Waals surface area (Å²) in [7, 11) is 1.62. The zero-order valence-electron chi connectivity index (χ0n) is 13.8. The van der Waals surface area contributed by atoms with Crippen LogP contribution < -0.4 is 9.47 Å². The maximum absolute atomic E-state index is 10.1. The third-order valence-corrected chi connectivity index (χ3v) is 3.88. The fourth-order valence-corrected chi connectivity index (χ4v) is 2.56. The largest absolute Gasteiger partial charge is 0.493 e. The molecule has 1 heterocycles. The van der Waals surface area contributed by atoms with Crippen molar-refractivity contribution in [2.24, 2.45) is 0 Å². The number of β-amino-alcohol motifs (C(OH)–C–C–N with tert-alkyl or cyclic N) is 1. The summed E-state index contributed by atoms with van der Waals surface area (Å²) in [4.78, 5) is 4.72. The summed E-state index contributed by atoms with van der Waals surface area (Å²) in [6.45, 7) is 8.42. The SMILES string of the molecule is CCN1CCN(CC(O)COc2ccccc2OC)CC1.Cl.Cl. The zero-order valence-corrected chi connectivity index (χ0v) is 15.4. The molecule has 0 amide bonds. The normalized spacial score (nSPS) is 16.8. The van der Waals surface area contributed by atoms with Crippen molar-refractivity contribution in [3.63, 3.8) is 0 Å². The van der Waals surface area contributed by atoms with E-state index in [2.05, 4.69) is 16.7 Å². The highest BCUT2D eigenvalue weighted by molar-refractivity contribution is 5.85. The first-order valence-corrected chi connectivity index (χ1v) is 7.61. The summed E-state index contributed by atoms with van der Waals surface area (Å²) in [5.41, 5.74) is 0. The summed E-state index contributed by atoms with van der Waals surface area (Å²) in [6, 6.07) is 7.50. The average Bonchev–Trinajstić information content (AvgIpc) is 2.54. The molecule has 134 valence electrons. The van der Waals surface area contributed by atoms with Gasteiger partial charge >= 0.3 is 0 Å². The highest BCUT2D eigenvalue weighted by Crippen LogP contribution is 2.25. The predicted molar refractivity (Wildman–Crippen MR) is 97.5 cm³/mol. The molecule has 0 aliphatic carbocycles. The molecule has 0 radical (unpaired) electrons. The van der Waals surface area contributed by atoms with Crippen molar-refractivity contribution in [3.05, 3.63) is 24.3 Å². The number of aliphatic hydroxyl groups is 1. The van der Waals surface area contributed by atoms with Crippen molar-refractivity contribution in [3.8, 4) is 11.5 Å². The van der Waals surface area contributed by atoms with Crippen molar-refractivity contribution in [2.45, 2.75) is 13.0 Å². The second-order valence-electron chi connectivity index (χ2n) is 5.35. The van der Waals surface area contributed by atoms with Crippen LogP contribution >= 0.6 is 24.8 Å². The Morgan fingerprint density at radius 2 is 1.61 bits per heavy atom. The fraction of sp³-hybridized carbons (Fsp3) is 0.625. The standard InChI is InChI=1S/C16H26N2O3.2ClH/c1-3-17-8-10-18(11-9-17)12-14(19)13-21-16-7-5-4-6-15(16)20-2;;/h4-7,14,19H,3,8-13H2,1-2H3;2*1H. The van der Waals surface area contributed by atoms with Gasteiger partial charge in [-0.2, -0.15) is 0 Å². The third kappa shape index (κ3) is 7.14. The van der Waals surface area contributed by atoms with Gasteiger partial charge in [0, 0.05) is 32.7 Å². The van der Waals surface area contributed by atoms with Gasteiger partial charge in [0.1, 0.15) is 12.7 Å². The number of methoxy groups -OCH3 is 1. The maximum atomic E-state index is 10.1. The number of ether oxygens (including phenoxy) is 2. The summed E-state index contributed by atoms with van der Waals surface area (Å²) in [6.07, 6.45) is -0.483. The predicted octanol–water partition coefficient (Wildman–Crippen LogP) is 1.92. The van der Waals surface area contributed by atoms with E-state index in [1.54, 1.807) is 7.11 Å². The Morgan fingerprint density at radius 3 is 2.17 bits per heavy atom. The summed E-state index contributed by atoms with van der Waals surface area (Å²) in [5.74, 6) is 1.37. The van der Waals surface area contributed by atoms with Gasteiger partial charge in [0.25, 0.3) is 0 Å². The van der Waals surface area contributed by atoms with Crippen LogP contribution in [0.3, 0.4) is 0 Å². The van der Waals surface area contributed by atoms with Crippen LogP contribution in [-0.2, 0) is 0 Å². The first-order valence-electron chi connectivity index (χ1n) is 7.61. The monoisotopic (exact) mass is 366 g/mol. The Balaban J connectivity index is 0.00000242. The molecule has 1 aliphatic rings. The van der Waals surface area contributed by atoms with Crippen LogP contribution in [-0.4, -0.2) is 74.0 Å². The van der Waals surface area contributed by atoms with Gasteiger partial charge in [-0.3, -0.25) is 4.90 Å². The second kappa shape index (κ2) is 11.8.